The number of halogens is 1. The summed E-state index contributed by atoms with van der Waals surface area (Å²) in [7, 11) is 0. The zero-order chi connectivity index (χ0) is 14.3. The Morgan fingerprint density at radius 2 is 2.15 bits per heavy atom. The Labute approximate surface area is 143 Å². The van der Waals surface area contributed by atoms with Crippen LogP contribution in [0.15, 0.2) is 21.8 Å². The Kier molecular flexibility index (Phi) is 9.41. The summed E-state index contributed by atoms with van der Waals surface area (Å²) in [5.74, 6) is 1.31. The molecule has 6 heteroatoms. The molecule has 0 radical (unpaired) electrons. The van der Waals surface area contributed by atoms with Gasteiger partial charge in [-0.15, -0.1) is 24.0 Å². The molecule has 0 bridgehead atoms. The van der Waals surface area contributed by atoms with Crippen molar-refractivity contribution < 1.29 is 5.11 Å². The number of thiophene rings is 1. The summed E-state index contributed by atoms with van der Waals surface area (Å²) >= 11 is 1.59. The van der Waals surface area contributed by atoms with Crippen molar-refractivity contribution in [1.82, 2.24) is 10.6 Å². The molecule has 4 nitrogen and oxygen atoms in total. The smallest absolute Gasteiger partial charge is 0.191 e. The van der Waals surface area contributed by atoms with E-state index in [1.54, 1.807) is 18.3 Å². The molecule has 0 saturated heterocycles. The molecule has 1 rings (SSSR count). The highest BCUT2D eigenvalue weighted by atomic mass is 127. The molecule has 1 aromatic heterocycles. The van der Waals surface area contributed by atoms with Crippen molar-refractivity contribution in [2.45, 2.75) is 33.3 Å². The predicted octanol–water partition coefficient (Wildman–Crippen LogP) is 2.78. The average Bonchev–Trinajstić information content (AvgIpc) is 2.87. The van der Waals surface area contributed by atoms with Gasteiger partial charge in [-0.1, -0.05) is 13.8 Å². The van der Waals surface area contributed by atoms with Gasteiger partial charge >= 0.3 is 0 Å². The number of nitrogens with zero attached hydrogens (tertiary/aromatic N) is 1. The molecule has 0 fully saturated rings. The van der Waals surface area contributed by atoms with Gasteiger partial charge < -0.3 is 15.7 Å². The van der Waals surface area contributed by atoms with Gasteiger partial charge in [0.1, 0.15) is 5.60 Å². The van der Waals surface area contributed by atoms with Crippen LogP contribution in [0, 0.1) is 5.92 Å². The Morgan fingerprint density at radius 3 is 2.65 bits per heavy atom. The molecule has 1 aromatic rings. The van der Waals surface area contributed by atoms with E-state index in [1.807, 2.05) is 23.8 Å². The maximum Gasteiger partial charge on any atom is 0.191 e. The van der Waals surface area contributed by atoms with E-state index in [0.29, 0.717) is 12.5 Å². The van der Waals surface area contributed by atoms with Crippen molar-refractivity contribution in [3.8, 4) is 0 Å². The van der Waals surface area contributed by atoms with Gasteiger partial charge in [0.2, 0.25) is 0 Å². The second-order valence-electron chi connectivity index (χ2n) is 5.26. The number of hydrogen-bond donors (Lipinski definition) is 3. The van der Waals surface area contributed by atoms with Gasteiger partial charge in [-0.25, -0.2) is 4.99 Å². The normalized spacial score (nSPS) is 14.6. The average molecular weight is 411 g/mol. The summed E-state index contributed by atoms with van der Waals surface area (Å²) in [6, 6.07) is 1.94. The molecule has 1 atom stereocenters. The Balaban J connectivity index is 0.00000361. The Morgan fingerprint density at radius 1 is 1.45 bits per heavy atom. The molecule has 0 aliphatic carbocycles. The van der Waals surface area contributed by atoms with E-state index in [2.05, 4.69) is 29.5 Å². The van der Waals surface area contributed by atoms with E-state index in [0.717, 1.165) is 24.6 Å². The maximum absolute atomic E-state index is 10.4. The van der Waals surface area contributed by atoms with Crippen LogP contribution in [0.3, 0.4) is 0 Å². The lowest BCUT2D eigenvalue weighted by Gasteiger charge is -2.21. The van der Waals surface area contributed by atoms with Crippen LogP contribution in [0.2, 0.25) is 0 Å². The summed E-state index contributed by atoms with van der Waals surface area (Å²) < 4.78 is 0. The molecule has 0 saturated carbocycles. The number of aliphatic hydroxyl groups is 1. The number of aliphatic imine (C=N–C) groups is 1. The SMILES string of the molecule is CCNC(=NCC(C)(O)c1ccsc1)NCC(C)C.I. The van der Waals surface area contributed by atoms with Crippen molar-refractivity contribution in [3.63, 3.8) is 0 Å². The van der Waals surface area contributed by atoms with Gasteiger partial charge in [0.25, 0.3) is 0 Å². The highest BCUT2D eigenvalue weighted by molar-refractivity contribution is 14.0. The topological polar surface area (TPSA) is 56.7 Å². The lowest BCUT2D eigenvalue weighted by molar-refractivity contribution is 0.0677. The summed E-state index contributed by atoms with van der Waals surface area (Å²) in [5, 5.41) is 20.8. The molecule has 0 aromatic carbocycles. The minimum absolute atomic E-state index is 0. The molecule has 3 N–H and O–H groups in total. The number of nitrogens with one attached hydrogen (secondary N) is 2. The van der Waals surface area contributed by atoms with E-state index in [-0.39, 0.29) is 24.0 Å². The fourth-order valence-corrected chi connectivity index (χ4v) is 2.32. The number of guanidine groups is 1. The first kappa shape index (κ1) is 19.7. The predicted molar refractivity (Wildman–Crippen MR) is 98.1 cm³/mol. The third-order valence-electron chi connectivity index (χ3n) is 2.71. The zero-order valence-electron chi connectivity index (χ0n) is 12.6. The van der Waals surface area contributed by atoms with Crippen LogP contribution in [-0.4, -0.2) is 30.7 Å². The Hall–Kier alpha value is -0.340. The molecule has 0 spiro atoms. The second-order valence-corrected chi connectivity index (χ2v) is 6.04. The standard InChI is InChI=1S/C14H25N3OS.HI/c1-5-15-13(16-8-11(2)3)17-10-14(4,18)12-6-7-19-9-12;/h6-7,9,11,18H,5,8,10H2,1-4H3,(H2,15,16,17);1H. The van der Waals surface area contributed by atoms with Crippen LogP contribution in [-0.2, 0) is 5.60 Å². The number of hydrogen-bond acceptors (Lipinski definition) is 3. The largest absolute Gasteiger partial charge is 0.383 e. The van der Waals surface area contributed by atoms with E-state index in [1.165, 1.54) is 0 Å². The zero-order valence-corrected chi connectivity index (χ0v) is 15.8. The summed E-state index contributed by atoms with van der Waals surface area (Å²) in [5.41, 5.74) is 0.00107. The van der Waals surface area contributed by atoms with Crippen molar-refractivity contribution in [3.05, 3.63) is 22.4 Å². The highest BCUT2D eigenvalue weighted by Gasteiger charge is 2.23. The van der Waals surface area contributed by atoms with Crippen molar-refractivity contribution in [2.24, 2.45) is 10.9 Å². The second kappa shape index (κ2) is 9.57. The van der Waals surface area contributed by atoms with E-state index >= 15 is 0 Å². The molecule has 20 heavy (non-hydrogen) atoms. The van der Waals surface area contributed by atoms with Gasteiger partial charge in [0.05, 0.1) is 6.54 Å². The van der Waals surface area contributed by atoms with Crippen molar-refractivity contribution in [2.75, 3.05) is 19.6 Å². The lowest BCUT2D eigenvalue weighted by Crippen LogP contribution is -2.40. The monoisotopic (exact) mass is 411 g/mol. The third kappa shape index (κ3) is 6.90. The van der Waals surface area contributed by atoms with Crippen LogP contribution in [0.1, 0.15) is 33.3 Å². The first-order valence-corrected chi connectivity index (χ1v) is 7.67. The summed E-state index contributed by atoms with van der Waals surface area (Å²) in [4.78, 5) is 4.46. The van der Waals surface area contributed by atoms with E-state index in [9.17, 15) is 5.11 Å². The third-order valence-corrected chi connectivity index (χ3v) is 3.39. The highest BCUT2D eigenvalue weighted by Crippen LogP contribution is 2.23. The van der Waals surface area contributed by atoms with Crippen LogP contribution in [0.25, 0.3) is 0 Å². The maximum atomic E-state index is 10.4. The first-order chi connectivity index (χ1) is 8.95. The molecule has 1 heterocycles. The molecule has 0 amide bonds. The van der Waals surface area contributed by atoms with Crippen molar-refractivity contribution >= 4 is 41.3 Å². The molecule has 0 aliphatic rings. The minimum atomic E-state index is -0.916. The van der Waals surface area contributed by atoms with Crippen LogP contribution in [0.4, 0.5) is 0 Å². The van der Waals surface area contributed by atoms with Gasteiger partial charge in [0, 0.05) is 13.1 Å². The fourth-order valence-electron chi connectivity index (χ4n) is 1.54. The molecule has 0 aliphatic heterocycles. The van der Waals surface area contributed by atoms with E-state index < -0.39 is 5.60 Å². The van der Waals surface area contributed by atoms with Crippen LogP contribution in [0.5, 0.6) is 0 Å². The van der Waals surface area contributed by atoms with Gasteiger partial charge in [-0.3, -0.25) is 0 Å². The Bertz CT molecular complexity index is 391. The summed E-state index contributed by atoms with van der Waals surface area (Å²) in [6.07, 6.45) is 0. The quantitative estimate of drug-likeness (QED) is 0.383. The van der Waals surface area contributed by atoms with Gasteiger partial charge in [-0.05, 0) is 42.2 Å². The lowest BCUT2D eigenvalue weighted by atomic mass is 10.00. The molecule has 1 unspecified atom stereocenters. The first-order valence-electron chi connectivity index (χ1n) is 6.73. The molecule has 116 valence electrons. The minimum Gasteiger partial charge on any atom is -0.383 e. The van der Waals surface area contributed by atoms with Crippen LogP contribution >= 0.6 is 35.3 Å². The van der Waals surface area contributed by atoms with Gasteiger partial charge in [0.15, 0.2) is 5.96 Å². The number of rotatable bonds is 6. The van der Waals surface area contributed by atoms with Crippen molar-refractivity contribution in [1.29, 1.82) is 0 Å². The van der Waals surface area contributed by atoms with Gasteiger partial charge in [-0.2, -0.15) is 11.3 Å². The summed E-state index contributed by atoms with van der Waals surface area (Å²) in [6.45, 7) is 10.2. The molecular weight excluding hydrogens is 385 g/mol. The van der Waals surface area contributed by atoms with E-state index in [4.69, 9.17) is 0 Å². The van der Waals surface area contributed by atoms with Crippen LogP contribution < -0.4 is 10.6 Å². The molecular formula is C14H26IN3OS. The fraction of sp³-hybridized carbons (Fsp3) is 0.643.